The molecule has 31 heavy (non-hydrogen) atoms. The van der Waals surface area contributed by atoms with Crippen LogP contribution in [0.15, 0.2) is 51.9 Å². The normalized spacial score (nSPS) is 20.2. The Labute approximate surface area is 181 Å². The van der Waals surface area contributed by atoms with Gasteiger partial charge in [-0.2, -0.15) is 0 Å². The van der Waals surface area contributed by atoms with Gasteiger partial charge in [-0.3, -0.25) is 9.59 Å². The molecule has 2 N–H and O–H groups in total. The van der Waals surface area contributed by atoms with Crippen LogP contribution in [0.4, 0.5) is 5.69 Å². The van der Waals surface area contributed by atoms with E-state index in [0.717, 1.165) is 45.2 Å². The maximum atomic E-state index is 12.6. The molecule has 0 spiro atoms. The number of benzene rings is 1. The second kappa shape index (κ2) is 9.81. The molecule has 4 rings (SSSR count). The molecule has 1 fully saturated rings. The summed E-state index contributed by atoms with van der Waals surface area (Å²) < 4.78 is 4.73. The summed E-state index contributed by atoms with van der Waals surface area (Å²) >= 11 is 0. The van der Waals surface area contributed by atoms with Gasteiger partial charge < -0.3 is 20.0 Å². The summed E-state index contributed by atoms with van der Waals surface area (Å²) in [6.07, 6.45) is 5.78. The van der Waals surface area contributed by atoms with Crippen LogP contribution in [0.2, 0.25) is 0 Å². The van der Waals surface area contributed by atoms with Crippen molar-refractivity contribution < 1.29 is 14.0 Å². The van der Waals surface area contributed by atoms with E-state index in [2.05, 4.69) is 39.8 Å². The molecule has 0 unspecified atom stereocenters. The molecule has 1 aromatic heterocycles. The van der Waals surface area contributed by atoms with E-state index in [-0.39, 0.29) is 17.7 Å². The molecule has 2 amide bonds. The summed E-state index contributed by atoms with van der Waals surface area (Å²) in [5, 5.41) is 6.01. The van der Waals surface area contributed by atoms with Crippen molar-refractivity contribution in [3.8, 4) is 0 Å². The maximum absolute atomic E-state index is 12.6. The van der Waals surface area contributed by atoms with Gasteiger partial charge in [-0.1, -0.05) is 18.2 Å². The van der Waals surface area contributed by atoms with E-state index in [0.29, 0.717) is 24.6 Å². The fraction of sp³-hybridized carbons (Fsp3) is 0.458. The van der Waals surface area contributed by atoms with E-state index in [4.69, 9.17) is 4.42 Å². The van der Waals surface area contributed by atoms with Crippen LogP contribution < -0.4 is 21.2 Å². The monoisotopic (exact) mass is 423 g/mol. The zero-order chi connectivity index (χ0) is 21.6. The van der Waals surface area contributed by atoms with Crippen LogP contribution in [0.25, 0.3) is 0 Å². The molecule has 1 aliphatic carbocycles. The molecule has 1 aliphatic heterocycles. The van der Waals surface area contributed by atoms with Crippen LogP contribution in [-0.2, 0) is 11.2 Å². The lowest BCUT2D eigenvalue weighted by atomic mass is 9.81. The van der Waals surface area contributed by atoms with Crippen molar-refractivity contribution in [1.29, 1.82) is 0 Å². The molecule has 2 heterocycles. The molecule has 164 valence electrons. The van der Waals surface area contributed by atoms with Gasteiger partial charge in [0.2, 0.25) is 5.91 Å². The third-order valence-corrected chi connectivity index (χ3v) is 6.40. The largest absolute Gasteiger partial charge is 0.430 e. The average molecular weight is 424 g/mol. The minimum absolute atomic E-state index is 0.0567. The Morgan fingerprint density at radius 3 is 2.61 bits per heavy atom. The summed E-state index contributed by atoms with van der Waals surface area (Å²) in [4.78, 5) is 38.0. The molecule has 1 aromatic carbocycles. The Bertz CT molecular complexity index is 958. The number of anilines is 1. The lowest BCUT2D eigenvalue weighted by Crippen LogP contribution is -2.39. The van der Waals surface area contributed by atoms with Gasteiger partial charge in [0, 0.05) is 43.9 Å². The molecule has 0 bridgehead atoms. The van der Waals surface area contributed by atoms with Crippen LogP contribution in [0, 0.1) is 11.8 Å². The number of hydrogen-bond acceptors (Lipinski definition) is 5. The predicted octanol–water partition coefficient (Wildman–Crippen LogP) is 2.35. The third-order valence-electron chi connectivity index (χ3n) is 6.40. The van der Waals surface area contributed by atoms with Gasteiger partial charge in [-0.15, -0.1) is 0 Å². The highest BCUT2D eigenvalue weighted by Gasteiger charge is 2.27. The summed E-state index contributed by atoms with van der Waals surface area (Å²) in [5.41, 5.74) is 2.54. The highest BCUT2D eigenvalue weighted by Crippen LogP contribution is 2.29. The minimum Gasteiger partial charge on any atom is -0.430 e. The SMILES string of the molecule is O=C(NCC1CCC(C(=O)NCCN2CCc3ccccc32)CC1)c1ccc(=O)oc1. The summed E-state index contributed by atoms with van der Waals surface area (Å²) in [6.45, 7) is 3.09. The first-order valence-corrected chi connectivity index (χ1v) is 11.1. The second-order valence-electron chi connectivity index (χ2n) is 8.43. The molecular weight excluding hydrogens is 394 g/mol. The maximum Gasteiger partial charge on any atom is 0.335 e. The van der Waals surface area contributed by atoms with Gasteiger partial charge in [0.15, 0.2) is 0 Å². The van der Waals surface area contributed by atoms with Crippen molar-refractivity contribution in [3.05, 3.63) is 64.2 Å². The topological polar surface area (TPSA) is 91.7 Å². The van der Waals surface area contributed by atoms with Crippen molar-refractivity contribution in [2.75, 3.05) is 31.1 Å². The van der Waals surface area contributed by atoms with E-state index in [1.165, 1.54) is 29.6 Å². The van der Waals surface area contributed by atoms with Gasteiger partial charge in [-0.25, -0.2) is 4.79 Å². The van der Waals surface area contributed by atoms with E-state index in [9.17, 15) is 14.4 Å². The summed E-state index contributed by atoms with van der Waals surface area (Å²) in [7, 11) is 0. The lowest BCUT2D eigenvalue weighted by Gasteiger charge is -2.28. The molecule has 7 heteroatoms. The van der Waals surface area contributed by atoms with Crippen molar-refractivity contribution in [2.24, 2.45) is 11.8 Å². The van der Waals surface area contributed by atoms with Crippen molar-refractivity contribution in [1.82, 2.24) is 10.6 Å². The molecule has 1 saturated carbocycles. The molecular formula is C24H29N3O4. The van der Waals surface area contributed by atoms with Crippen LogP contribution in [0.5, 0.6) is 0 Å². The number of carbonyl (C=O) groups excluding carboxylic acids is 2. The van der Waals surface area contributed by atoms with Crippen LogP contribution >= 0.6 is 0 Å². The number of fused-ring (bicyclic) bond motifs is 1. The molecule has 0 atom stereocenters. The molecule has 2 aliphatic rings. The highest BCUT2D eigenvalue weighted by atomic mass is 16.4. The number of nitrogens with zero attached hydrogens (tertiary/aromatic N) is 1. The molecule has 0 radical (unpaired) electrons. The van der Waals surface area contributed by atoms with E-state index >= 15 is 0 Å². The van der Waals surface area contributed by atoms with Gasteiger partial charge in [0.1, 0.15) is 6.26 Å². The Morgan fingerprint density at radius 2 is 1.84 bits per heavy atom. The van der Waals surface area contributed by atoms with Gasteiger partial charge in [0.25, 0.3) is 5.91 Å². The minimum atomic E-state index is -0.474. The highest BCUT2D eigenvalue weighted by molar-refractivity contribution is 5.93. The predicted molar refractivity (Wildman–Crippen MR) is 118 cm³/mol. The summed E-state index contributed by atoms with van der Waals surface area (Å²) in [6, 6.07) is 11.2. The smallest absolute Gasteiger partial charge is 0.335 e. The number of amides is 2. The zero-order valence-electron chi connectivity index (χ0n) is 17.6. The first kappa shape index (κ1) is 21.2. The van der Waals surface area contributed by atoms with Crippen molar-refractivity contribution >= 4 is 17.5 Å². The number of nitrogens with one attached hydrogen (secondary N) is 2. The fourth-order valence-electron chi connectivity index (χ4n) is 4.55. The Balaban J connectivity index is 1.14. The van der Waals surface area contributed by atoms with Crippen molar-refractivity contribution in [2.45, 2.75) is 32.1 Å². The van der Waals surface area contributed by atoms with Crippen LogP contribution in [0.3, 0.4) is 0 Å². The number of rotatable bonds is 7. The van der Waals surface area contributed by atoms with Gasteiger partial charge in [-0.05, 0) is 55.7 Å². The lowest BCUT2D eigenvalue weighted by molar-refractivity contribution is -0.126. The molecule has 7 nitrogen and oxygen atoms in total. The third kappa shape index (κ3) is 5.34. The van der Waals surface area contributed by atoms with Gasteiger partial charge in [0.05, 0.1) is 5.56 Å². The Hall–Kier alpha value is -3.09. The van der Waals surface area contributed by atoms with Crippen molar-refractivity contribution in [3.63, 3.8) is 0 Å². The molecule has 2 aromatic rings. The van der Waals surface area contributed by atoms with Crippen LogP contribution in [-0.4, -0.2) is 38.0 Å². The molecule has 0 saturated heterocycles. The first-order chi connectivity index (χ1) is 15.1. The second-order valence-corrected chi connectivity index (χ2v) is 8.43. The number of para-hydroxylation sites is 1. The van der Waals surface area contributed by atoms with Gasteiger partial charge >= 0.3 is 5.63 Å². The quantitative estimate of drug-likeness (QED) is 0.713. The Kier molecular flexibility index (Phi) is 6.70. The fourth-order valence-corrected chi connectivity index (χ4v) is 4.55. The Morgan fingerprint density at radius 1 is 1.03 bits per heavy atom. The zero-order valence-corrected chi connectivity index (χ0v) is 17.6. The average Bonchev–Trinajstić information content (AvgIpc) is 3.21. The van der Waals surface area contributed by atoms with E-state index in [1.54, 1.807) is 0 Å². The number of hydrogen-bond donors (Lipinski definition) is 2. The van der Waals surface area contributed by atoms with Crippen LogP contribution in [0.1, 0.15) is 41.6 Å². The standard InChI is InChI=1S/C24H29N3O4/c28-22-10-9-20(16-31-22)24(30)26-15-17-5-7-19(8-6-17)23(29)25-12-14-27-13-11-18-3-1-2-4-21(18)27/h1-4,9-10,16-17,19H,5-8,11-15H2,(H,25,29)(H,26,30). The number of carbonyl (C=O) groups is 2. The van der Waals surface area contributed by atoms with E-state index in [1.807, 2.05) is 0 Å². The summed E-state index contributed by atoms with van der Waals surface area (Å²) in [5.74, 6) is 0.326. The first-order valence-electron chi connectivity index (χ1n) is 11.1. The van der Waals surface area contributed by atoms with E-state index < -0.39 is 5.63 Å².